The van der Waals surface area contributed by atoms with Crippen molar-refractivity contribution < 1.29 is 9.21 Å². The molecule has 148 valence electrons. The maximum Gasteiger partial charge on any atom is 0.265 e. The molecule has 0 saturated carbocycles. The lowest BCUT2D eigenvalue weighted by molar-refractivity contribution is 0.0953. The molecule has 4 rings (SSSR count). The number of furan rings is 1. The highest BCUT2D eigenvalue weighted by Gasteiger charge is 2.22. The second kappa shape index (κ2) is 7.96. The van der Waals surface area contributed by atoms with Gasteiger partial charge in [0.15, 0.2) is 0 Å². The van der Waals surface area contributed by atoms with Crippen molar-refractivity contribution in [3.05, 3.63) is 62.9 Å². The number of carbonyl (C=O) groups excluding carboxylic acids is 1. The van der Waals surface area contributed by atoms with E-state index in [1.807, 2.05) is 17.5 Å². The van der Waals surface area contributed by atoms with Crippen molar-refractivity contribution >= 4 is 28.3 Å². The summed E-state index contributed by atoms with van der Waals surface area (Å²) < 4.78 is 6.81. The molecule has 1 N–H and O–H groups in total. The summed E-state index contributed by atoms with van der Waals surface area (Å²) in [6.45, 7) is 2.13. The van der Waals surface area contributed by atoms with Crippen molar-refractivity contribution in [2.24, 2.45) is 7.05 Å². The molecule has 8 nitrogen and oxygen atoms in total. The SMILES string of the molecule is Cc1oc2ncn(C)c(=O)c2c1C(=O)NCCCc1nc(-c2ccncc2)cs1. The third-order valence-electron chi connectivity index (χ3n) is 4.56. The summed E-state index contributed by atoms with van der Waals surface area (Å²) in [6, 6.07) is 3.85. The second-order valence-corrected chi connectivity index (χ2v) is 7.54. The summed E-state index contributed by atoms with van der Waals surface area (Å²) >= 11 is 1.60. The van der Waals surface area contributed by atoms with Gasteiger partial charge in [0.1, 0.15) is 17.5 Å². The second-order valence-electron chi connectivity index (χ2n) is 6.60. The average Bonchev–Trinajstić information content (AvgIpc) is 3.33. The van der Waals surface area contributed by atoms with Crippen LogP contribution in [0.1, 0.15) is 27.5 Å². The molecular weight excluding hydrogens is 390 g/mol. The van der Waals surface area contributed by atoms with Crippen LogP contribution in [0.15, 0.2) is 45.4 Å². The van der Waals surface area contributed by atoms with Crippen LogP contribution in [-0.2, 0) is 13.5 Å². The third-order valence-corrected chi connectivity index (χ3v) is 5.46. The number of nitrogens with zero attached hydrogens (tertiary/aromatic N) is 4. The highest BCUT2D eigenvalue weighted by molar-refractivity contribution is 7.09. The summed E-state index contributed by atoms with van der Waals surface area (Å²) in [5.74, 6) is 0.0539. The number of carbonyl (C=O) groups is 1. The fourth-order valence-corrected chi connectivity index (χ4v) is 3.92. The van der Waals surface area contributed by atoms with Gasteiger partial charge in [-0.25, -0.2) is 9.97 Å². The highest BCUT2D eigenvalue weighted by atomic mass is 32.1. The summed E-state index contributed by atoms with van der Waals surface area (Å²) in [7, 11) is 1.59. The molecule has 4 heterocycles. The molecule has 0 bridgehead atoms. The lowest BCUT2D eigenvalue weighted by Gasteiger charge is -2.04. The van der Waals surface area contributed by atoms with E-state index in [0.29, 0.717) is 12.3 Å². The normalized spacial score (nSPS) is 11.1. The molecule has 0 spiro atoms. The van der Waals surface area contributed by atoms with Gasteiger partial charge < -0.3 is 14.3 Å². The standard InChI is InChI=1S/C20H19N5O3S/c1-12-16(17-19(28-12)23-11-25(2)20(17)27)18(26)22-7-3-4-15-24-14(10-29-15)13-5-8-21-9-6-13/h5-6,8-11H,3-4,7H2,1-2H3,(H,22,26). The Morgan fingerprint density at radius 2 is 2.10 bits per heavy atom. The summed E-state index contributed by atoms with van der Waals surface area (Å²) in [6.07, 6.45) is 6.36. The first kappa shape index (κ1) is 19.0. The quantitative estimate of drug-likeness (QED) is 0.491. The highest BCUT2D eigenvalue weighted by Crippen LogP contribution is 2.22. The van der Waals surface area contributed by atoms with E-state index in [2.05, 4.69) is 20.3 Å². The van der Waals surface area contributed by atoms with Crippen molar-refractivity contribution in [2.75, 3.05) is 6.54 Å². The fraction of sp³-hybridized carbons (Fsp3) is 0.250. The minimum atomic E-state index is -0.331. The summed E-state index contributed by atoms with van der Waals surface area (Å²) in [5.41, 5.74) is 2.10. The van der Waals surface area contributed by atoms with Gasteiger partial charge in [0, 0.05) is 43.4 Å². The first-order valence-electron chi connectivity index (χ1n) is 9.12. The van der Waals surface area contributed by atoms with Crippen molar-refractivity contribution in [1.82, 2.24) is 24.8 Å². The molecule has 0 saturated heterocycles. The zero-order chi connectivity index (χ0) is 20.4. The number of hydrogen-bond acceptors (Lipinski definition) is 7. The molecule has 1 amide bonds. The largest absolute Gasteiger partial charge is 0.442 e. The summed E-state index contributed by atoms with van der Waals surface area (Å²) in [4.78, 5) is 37.7. The van der Waals surface area contributed by atoms with Crippen LogP contribution >= 0.6 is 11.3 Å². The van der Waals surface area contributed by atoms with Crippen LogP contribution in [0.5, 0.6) is 0 Å². The van der Waals surface area contributed by atoms with Crippen LogP contribution in [0.4, 0.5) is 0 Å². The number of hydrogen-bond donors (Lipinski definition) is 1. The Labute approximate surface area is 170 Å². The van der Waals surface area contributed by atoms with Gasteiger partial charge in [0.25, 0.3) is 11.5 Å². The first-order chi connectivity index (χ1) is 14.0. The topological polar surface area (TPSA) is 103 Å². The maximum atomic E-state index is 12.6. The Balaban J connectivity index is 1.38. The minimum absolute atomic E-state index is 0.183. The maximum absolute atomic E-state index is 12.6. The summed E-state index contributed by atoms with van der Waals surface area (Å²) in [5, 5.41) is 6.11. The van der Waals surface area contributed by atoms with Gasteiger partial charge in [0.05, 0.1) is 16.3 Å². The number of aryl methyl sites for hydroxylation is 3. The number of rotatable bonds is 6. The predicted octanol–water partition coefficient (Wildman–Crippen LogP) is 2.72. The molecule has 0 radical (unpaired) electrons. The fourth-order valence-electron chi connectivity index (χ4n) is 3.07. The molecule has 0 aliphatic carbocycles. The van der Waals surface area contributed by atoms with E-state index < -0.39 is 0 Å². The Hall–Kier alpha value is -3.33. The van der Waals surface area contributed by atoms with Crippen molar-refractivity contribution in [3.8, 4) is 11.3 Å². The first-order valence-corrected chi connectivity index (χ1v) is 10.0. The molecule has 4 aromatic rings. The van der Waals surface area contributed by atoms with Gasteiger partial charge in [0.2, 0.25) is 5.71 Å². The molecule has 4 aromatic heterocycles. The molecule has 9 heteroatoms. The van der Waals surface area contributed by atoms with Gasteiger partial charge in [-0.1, -0.05) is 0 Å². The van der Waals surface area contributed by atoms with Crippen molar-refractivity contribution in [3.63, 3.8) is 0 Å². The molecule has 0 unspecified atom stereocenters. The van der Waals surface area contributed by atoms with Gasteiger partial charge in [-0.2, -0.15) is 0 Å². The van der Waals surface area contributed by atoms with Crippen molar-refractivity contribution in [1.29, 1.82) is 0 Å². The van der Waals surface area contributed by atoms with Gasteiger partial charge >= 0.3 is 0 Å². The van der Waals surface area contributed by atoms with E-state index in [-0.39, 0.29) is 28.1 Å². The van der Waals surface area contributed by atoms with E-state index in [9.17, 15) is 9.59 Å². The van der Waals surface area contributed by atoms with Crippen LogP contribution in [0.2, 0.25) is 0 Å². The van der Waals surface area contributed by atoms with E-state index >= 15 is 0 Å². The Bertz CT molecular complexity index is 1230. The van der Waals surface area contributed by atoms with Crippen molar-refractivity contribution in [2.45, 2.75) is 19.8 Å². The molecule has 0 fully saturated rings. The van der Waals surface area contributed by atoms with Crippen LogP contribution in [0.3, 0.4) is 0 Å². The van der Waals surface area contributed by atoms with E-state index in [1.54, 1.807) is 37.7 Å². The Morgan fingerprint density at radius 1 is 1.31 bits per heavy atom. The number of nitrogens with one attached hydrogen (secondary N) is 1. The van der Waals surface area contributed by atoms with Gasteiger partial charge in [-0.3, -0.25) is 14.6 Å². The number of thiazole rings is 1. The van der Waals surface area contributed by atoms with Crippen LogP contribution < -0.4 is 10.9 Å². The van der Waals surface area contributed by atoms with E-state index in [1.165, 1.54) is 10.9 Å². The third kappa shape index (κ3) is 3.81. The number of amides is 1. The lowest BCUT2D eigenvalue weighted by Crippen LogP contribution is -2.27. The molecule has 0 aliphatic heterocycles. The predicted molar refractivity (Wildman–Crippen MR) is 110 cm³/mol. The minimum Gasteiger partial charge on any atom is -0.442 e. The monoisotopic (exact) mass is 409 g/mol. The smallest absolute Gasteiger partial charge is 0.265 e. The Morgan fingerprint density at radius 3 is 2.90 bits per heavy atom. The van der Waals surface area contributed by atoms with Crippen LogP contribution in [-0.4, -0.2) is 32.0 Å². The molecule has 29 heavy (non-hydrogen) atoms. The lowest BCUT2D eigenvalue weighted by atomic mass is 10.1. The van der Waals surface area contributed by atoms with Crippen LogP contribution in [0.25, 0.3) is 22.4 Å². The number of aromatic nitrogens is 4. The zero-order valence-corrected chi connectivity index (χ0v) is 16.8. The van der Waals surface area contributed by atoms with E-state index in [0.717, 1.165) is 29.1 Å². The molecular formula is C20H19N5O3S. The molecule has 0 aromatic carbocycles. The number of pyridine rings is 1. The van der Waals surface area contributed by atoms with Gasteiger partial charge in [-0.05, 0) is 25.5 Å². The Kier molecular flexibility index (Phi) is 5.22. The molecule has 0 aliphatic rings. The molecule has 0 atom stereocenters. The van der Waals surface area contributed by atoms with Gasteiger partial charge in [-0.15, -0.1) is 11.3 Å². The zero-order valence-electron chi connectivity index (χ0n) is 16.0. The van der Waals surface area contributed by atoms with E-state index in [4.69, 9.17) is 4.42 Å². The number of fused-ring (bicyclic) bond motifs is 1. The van der Waals surface area contributed by atoms with Crippen LogP contribution in [0, 0.1) is 6.92 Å². The average molecular weight is 409 g/mol.